The van der Waals surface area contributed by atoms with E-state index in [1.807, 2.05) is 0 Å². The minimum atomic E-state index is -0.507. The van der Waals surface area contributed by atoms with Gasteiger partial charge in [-0.3, -0.25) is 19.3 Å². The molecular weight excluding hydrogens is 348 g/mol. The molecule has 2 rings (SSSR count). The van der Waals surface area contributed by atoms with Crippen LogP contribution in [0, 0.1) is 5.41 Å². The Morgan fingerprint density at radius 1 is 1.25 bits per heavy atom. The van der Waals surface area contributed by atoms with Gasteiger partial charge >= 0.3 is 0 Å². The lowest BCUT2D eigenvalue weighted by atomic mass is 9.96. The standard InChI is InChI=1S/C17H19ClN2O3S/c1-17(2,3)15(22)19-8-9-20-14(21)13(24-16(20)23)10-11-4-6-12(18)7-5-11/h4-7,10H,8-9H2,1-3H3,(H,19,22). The van der Waals surface area contributed by atoms with Crippen molar-refractivity contribution in [3.63, 3.8) is 0 Å². The number of nitrogens with one attached hydrogen (secondary N) is 1. The third-order valence-electron chi connectivity index (χ3n) is 3.34. The zero-order valence-electron chi connectivity index (χ0n) is 13.8. The summed E-state index contributed by atoms with van der Waals surface area (Å²) in [7, 11) is 0. The van der Waals surface area contributed by atoms with Crippen molar-refractivity contribution in [2.24, 2.45) is 5.41 Å². The molecule has 1 saturated heterocycles. The number of thioether (sulfide) groups is 1. The molecule has 0 bridgehead atoms. The van der Waals surface area contributed by atoms with Crippen molar-refractivity contribution in [2.45, 2.75) is 20.8 Å². The van der Waals surface area contributed by atoms with Crippen LogP contribution in [0.1, 0.15) is 26.3 Å². The Morgan fingerprint density at radius 2 is 1.88 bits per heavy atom. The first kappa shape index (κ1) is 18.5. The highest BCUT2D eigenvalue weighted by Crippen LogP contribution is 2.32. The van der Waals surface area contributed by atoms with Gasteiger partial charge in [0.05, 0.1) is 4.91 Å². The summed E-state index contributed by atoms with van der Waals surface area (Å²) < 4.78 is 0. The Labute approximate surface area is 150 Å². The number of carbonyl (C=O) groups excluding carboxylic acids is 3. The van der Waals surface area contributed by atoms with Crippen LogP contribution in [0.15, 0.2) is 29.2 Å². The van der Waals surface area contributed by atoms with Crippen LogP contribution in [0.4, 0.5) is 4.79 Å². The minimum absolute atomic E-state index is 0.119. The second-order valence-electron chi connectivity index (χ2n) is 6.39. The summed E-state index contributed by atoms with van der Waals surface area (Å²) >= 11 is 6.73. The predicted molar refractivity (Wildman–Crippen MR) is 96.6 cm³/mol. The molecule has 3 amide bonds. The van der Waals surface area contributed by atoms with E-state index in [4.69, 9.17) is 11.6 Å². The molecule has 1 aliphatic heterocycles. The van der Waals surface area contributed by atoms with Gasteiger partial charge in [0, 0.05) is 23.5 Å². The van der Waals surface area contributed by atoms with E-state index in [0.29, 0.717) is 9.93 Å². The molecule has 7 heteroatoms. The van der Waals surface area contributed by atoms with Gasteiger partial charge in [-0.1, -0.05) is 44.5 Å². The molecule has 128 valence electrons. The normalized spacial score (nSPS) is 16.8. The number of rotatable bonds is 4. The van der Waals surface area contributed by atoms with Crippen LogP contribution in [-0.4, -0.2) is 35.0 Å². The summed E-state index contributed by atoms with van der Waals surface area (Å²) in [6.07, 6.45) is 1.66. The number of amides is 3. The molecule has 0 atom stereocenters. The number of halogens is 1. The molecule has 0 aromatic heterocycles. The van der Waals surface area contributed by atoms with Crippen molar-refractivity contribution in [3.05, 3.63) is 39.8 Å². The second-order valence-corrected chi connectivity index (χ2v) is 7.82. The van der Waals surface area contributed by atoms with Crippen LogP contribution in [0.2, 0.25) is 5.02 Å². The third-order valence-corrected chi connectivity index (χ3v) is 4.50. The van der Waals surface area contributed by atoms with Crippen LogP contribution >= 0.6 is 23.4 Å². The number of imide groups is 1. The van der Waals surface area contributed by atoms with E-state index in [2.05, 4.69) is 5.32 Å². The monoisotopic (exact) mass is 366 g/mol. The Kier molecular flexibility index (Phi) is 5.72. The zero-order chi connectivity index (χ0) is 17.9. The first-order valence-corrected chi connectivity index (χ1v) is 8.67. The van der Waals surface area contributed by atoms with Gasteiger partial charge in [-0.2, -0.15) is 0 Å². The van der Waals surface area contributed by atoms with Crippen molar-refractivity contribution >= 4 is 46.5 Å². The van der Waals surface area contributed by atoms with Crippen molar-refractivity contribution in [1.82, 2.24) is 10.2 Å². The molecule has 0 spiro atoms. The summed E-state index contributed by atoms with van der Waals surface area (Å²) in [5, 5.41) is 3.01. The van der Waals surface area contributed by atoms with Gasteiger partial charge in [-0.05, 0) is 35.5 Å². The molecule has 0 radical (unpaired) electrons. The van der Waals surface area contributed by atoms with E-state index in [1.165, 1.54) is 0 Å². The average molecular weight is 367 g/mol. The third kappa shape index (κ3) is 4.61. The molecule has 1 aromatic rings. The molecule has 0 saturated carbocycles. The predicted octanol–water partition coefficient (Wildman–Crippen LogP) is 3.54. The molecule has 1 heterocycles. The molecular formula is C17H19ClN2O3S. The zero-order valence-corrected chi connectivity index (χ0v) is 15.3. The van der Waals surface area contributed by atoms with E-state index < -0.39 is 5.41 Å². The quantitative estimate of drug-likeness (QED) is 0.828. The topological polar surface area (TPSA) is 66.5 Å². The number of nitrogens with zero attached hydrogens (tertiary/aromatic N) is 1. The molecule has 0 unspecified atom stereocenters. The van der Waals surface area contributed by atoms with Crippen molar-refractivity contribution in [3.8, 4) is 0 Å². The lowest BCUT2D eigenvalue weighted by Crippen LogP contribution is -2.41. The second kappa shape index (κ2) is 7.40. The first-order chi connectivity index (χ1) is 11.2. The summed E-state index contributed by atoms with van der Waals surface area (Å²) in [4.78, 5) is 37.7. The molecule has 24 heavy (non-hydrogen) atoms. The maximum Gasteiger partial charge on any atom is 0.293 e. The van der Waals surface area contributed by atoms with Crippen LogP contribution < -0.4 is 5.32 Å². The smallest absolute Gasteiger partial charge is 0.293 e. The molecule has 1 aliphatic rings. The van der Waals surface area contributed by atoms with E-state index in [0.717, 1.165) is 22.2 Å². The van der Waals surface area contributed by atoms with Crippen molar-refractivity contribution in [2.75, 3.05) is 13.1 Å². The molecule has 5 nitrogen and oxygen atoms in total. The maximum atomic E-state index is 12.3. The van der Waals surface area contributed by atoms with Gasteiger partial charge in [0.1, 0.15) is 0 Å². The fourth-order valence-electron chi connectivity index (χ4n) is 1.95. The summed E-state index contributed by atoms with van der Waals surface area (Å²) in [6, 6.07) is 7.00. The Balaban J connectivity index is 1.99. The van der Waals surface area contributed by atoms with Gasteiger partial charge in [-0.25, -0.2) is 0 Å². The number of hydrogen-bond donors (Lipinski definition) is 1. The molecule has 1 N–H and O–H groups in total. The van der Waals surface area contributed by atoms with E-state index in [1.54, 1.807) is 51.1 Å². The molecule has 1 fully saturated rings. The average Bonchev–Trinajstić information content (AvgIpc) is 2.76. The van der Waals surface area contributed by atoms with Gasteiger partial charge in [-0.15, -0.1) is 0 Å². The van der Waals surface area contributed by atoms with E-state index in [-0.39, 0.29) is 30.1 Å². The highest BCUT2D eigenvalue weighted by atomic mass is 35.5. The summed E-state index contributed by atoms with van der Waals surface area (Å²) in [6.45, 7) is 5.80. The van der Waals surface area contributed by atoms with Crippen LogP contribution in [-0.2, 0) is 9.59 Å². The summed E-state index contributed by atoms with van der Waals surface area (Å²) in [5.74, 6) is -0.462. The fraction of sp³-hybridized carbons (Fsp3) is 0.353. The number of carbonyl (C=O) groups is 3. The van der Waals surface area contributed by atoms with Crippen molar-refractivity contribution < 1.29 is 14.4 Å². The van der Waals surface area contributed by atoms with Gasteiger partial charge < -0.3 is 5.32 Å². The molecule has 1 aromatic carbocycles. The highest BCUT2D eigenvalue weighted by Gasteiger charge is 2.34. The molecule has 0 aliphatic carbocycles. The largest absolute Gasteiger partial charge is 0.354 e. The number of benzene rings is 1. The van der Waals surface area contributed by atoms with E-state index in [9.17, 15) is 14.4 Å². The Hall–Kier alpha value is -1.79. The lowest BCUT2D eigenvalue weighted by Gasteiger charge is -2.19. The summed E-state index contributed by atoms with van der Waals surface area (Å²) in [5.41, 5.74) is 0.291. The van der Waals surface area contributed by atoms with E-state index >= 15 is 0 Å². The Morgan fingerprint density at radius 3 is 2.46 bits per heavy atom. The van der Waals surface area contributed by atoms with Gasteiger partial charge in [0.2, 0.25) is 5.91 Å². The highest BCUT2D eigenvalue weighted by molar-refractivity contribution is 8.18. The lowest BCUT2D eigenvalue weighted by molar-refractivity contribution is -0.129. The first-order valence-electron chi connectivity index (χ1n) is 7.48. The van der Waals surface area contributed by atoms with Crippen LogP contribution in [0.5, 0.6) is 0 Å². The van der Waals surface area contributed by atoms with Gasteiger partial charge in [0.15, 0.2) is 0 Å². The van der Waals surface area contributed by atoms with Crippen LogP contribution in [0.3, 0.4) is 0 Å². The van der Waals surface area contributed by atoms with Gasteiger partial charge in [0.25, 0.3) is 11.1 Å². The van der Waals surface area contributed by atoms with Crippen molar-refractivity contribution in [1.29, 1.82) is 0 Å². The minimum Gasteiger partial charge on any atom is -0.354 e. The fourth-order valence-corrected chi connectivity index (χ4v) is 2.94. The Bertz CT molecular complexity index is 693. The van der Waals surface area contributed by atoms with Crippen LogP contribution in [0.25, 0.3) is 6.08 Å². The number of hydrogen-bond acceptors (Lipinski definition) is 4. The SMILES string of the molecule is CC(C)(C)C(=O)NCCN1C(=O)SC(=Cc2ccc(Cl)cc2)C1=O. The maximum absolute atomic E-state index is 12.3.